The van der Waals surface area contributed by atoms with Gasteiger partial charge in [0, 0.05) is 15.4 Å². The van der Waals surface area contributed by atoms with Gasteiger partial charge in [-0.15, -0.1) is 11.3 Å². The predicted octanol–water partition coefficient (Wildman–Crippen LogP) is 3.70. The highest BCUT2D eigenvalue weighted by molar-refractivity contribution is 7.11. The summed E-state index contributed by atoms with van der Waals surface area (Å²) in [6.07, 6.45) is 0.987. The van der Waals surface area contributed by atoms with E-state index in [2.05, 4.69) is 19.9 Å². The van der Waals surface area contributed by atoms with Gasteiger partial charge >= 0.3 is 6.03 Å². The molecule has 100 valence electrons. The van der Waals surface area contributed by atoms with Crippen molar-refractivity contribution in [3.63, 3.8) is 0 Å². The highest BCUT2D eigenvalue weighted by Crippen LogP contribution is 2.22. The zero-order valence-corrected chi connectivity index (χ0v) is 12.0. The minimum absolute atomic E-state index is 0.421. The van der Waals surface area contributed by atoms with Crippen LogP contribution in [0.3, 0.4) is 0 Å². The van der Waals surface area contributed by atoms with Gasteiger partial charge in [-0.1, -0.05) is 19.1 Å². The molecule has 0 aliphatic heterocycles. The summed E-state index contributed by atoms with van der Waals surface area (Å²) < 4.78 is 0. The topological polar surface area (TPSA) is 46.3 Å². The molecule has 2 amide bonds. The number of rotatable bonds is 4. The van der Waals surface area contributed by atoms with E-state index >= 15 is 0 Å². The maximum absolute atomic E-state index is 11.6. The van der Waals surface area contributed by atoms with Crippen LogP contribution in [0.4, 0.5) is 10.5 Å². The van der Waals surface area contributed by atoms with Crippen LogP contribution in [0.15, 0.2) is 36.4 Å². The Balaban J connectivity index is 2.21. The number of hydrogen-bond donors (Lipinski definition) is 1. The van der Waals surface area contributed by atoms with Gasteiger partial charge in [-0.2, -0.15) is 0 Å². The first-order chi connectivity index (χ1) is 9.10. The lowest BCUT2D eigenvalue weighted by molar-refractivity contribution is 0.253. The van der Waals surface area contributed by atoms with Crippen molar-refractivity contribution in [3.8, 4) is 0 Å². The Hall–Kier alpha value is -1.81. The van der Waals surface area contributed by atoms with E-state index in [4.69, 9.17) is 5.73 Å². The van der Waals surface area contributed by atoms with Crippen LogP contribution in [0, 0.1) is 6.92 Å². The lowest BCUT2D eigenvalue weighted by Crippen LogP contribution is -2.34. The number of anilines is 1. The van der Waals surface area contributed by atoms with E-state index < -0.39 is 6.03 Å². The fourth-order valence-electron chi connectivity index (χ4n) is 1.93. The quantitative estimate of drug-likeness (QED) is 0.907. The molecule has 1 aromatic heterocycles. The lowest BCUT2D eigenvalue weighted by atomic mass is 10.1. The standard InChI is InChI=1S/C15H18N2OS/c1-3-12-5-7-13(8-6-12)17(15(16)18)10-14-9-4-11(2)19-14/h4-9H,3,10H2,1-2H3,(H2,16,18). The number of carbonyl (C=O) groups excluding carboxylic acids is 1. The summed E-state index contributed by atoms with van der Waals surface area (Å²) in [5.74, 6) is 0. The molecular formula is C15H18N2OS. The largest absolute Gasteiger partial charge is 0.351 e. The Morgan fingerprint density at radius 1 is 1.21 bits per heavy atom. The average molecular weight is 274 g/mol. The summed E-state index contributed by atoms with van der Waals surface area (Å²) in [5, 5.41) is 0. The van der Waals surface area contributed by atoms with Gasteiger partial charge in [-0.25, -0.2) is 4.79 Å². The van der Waals surface area contributed by atoms with Crippen LogP contribution in [0.2, 0.25) is 0 Å². The highest BCUT2D eigenvalue weighted by atomic mass is 32.1. The first-order valence-electron chi connectivity index (χ1n) is 6.31. The van der Waals surface area contributed by atoms with Crippen LogP contribution in [0.1, 0.15) is 22.2 Å². The maximum atomic E-state index is 11.6. The van der Waals surface area contributed by atoms with Crippen molar-refractivity contribution >= 4 is 23.1 Å². The van der Waals surface area contributed by atoms with Crippen LogP contribution in [0.5, 0.6) is 0 Å². The van der Waals surface area contributed by atoms with Crippen molar-refractivity contribution < 1.29 is 4.79 Å². The van der Waals surface area contributed by atoms with E-state index in [-0.39, 0.29) is 0 Å². The molecule has 0 unspecified atom stereocenters. The second-order valence-corrected chi connectivity index (χ2v) is 5.83. The Morgan fingerprint density at radius 3 is 2.37 bits per heavy atom. The number of aryl methyl sites for hydroxylation is 2. The number of benzene rings is 1. The smallest absolute Gasteiger partial charge is 0.319 e. The van der Waals surface area contributed by atoms with Gasteiger partial charge in [0.25, 0.3) is 0 Å². The molecule has 1 heterocycles. The molecule has 0 atom stereocenters. The van der Waals surface area contributed by atoms with Crippen molar-refractivity contribution in [2.24, 2.45) is 5.73 Å². The molecule has 0 saturated heterocycles. The number of nitrogens with two attached hydrogens (primary N) is 1. The van der Waals surface area contributed by atoms with Gasteiger partial charge in [0.1, 0.15) is 0 Å². The molecule has 1 aromatic carbocycles. The van der Waals surface area contributed by atoms with Crippen molar-refractivity contribution in [2.45, 2.75) is 26.8 Å². The molecule has 19 heavy (non-hydrogen) atoms. The first-order valence-corrected chi connectivity index (χ1v) is 7.13. The molecule has 0 radical (unpaired) electrons. The second-order valence-electron chi connectivity index (χ2n) is 4.46. The van der Waals surface area contributed by atoms with Crippen LogP contribution < -0.4 is 10.6 Å². The van der Waals surface area contributed by atoms with E-state index in [0.717, 1.165) is 17.0 Å². The Labute approximate surface area is 117 Å². The minimum Gasteiger partial charge on any atom is -0.351 e. The Morgan fingerprint density at radius 2 is 1.89 bits per heavy atom. The molecule has 4 heteroatoms. The summed E-state index contributed by atoms with van der Waals surface area (Å²) in [4.78, 5) is 15.6. The van der Waals surface area contributed by atoms with Gasteiger partial charge in [0.15, 0.2) is 0 Å². The van der Waals surface area contributed by atoms with Gasteiger partial charge in [0.05, 0.1) is 6.54 Å². The number of nitrogens with zero attached hydrogens (tertiary/aromatic N) is 1. The van der Waals surface area contributed by atoms with Gasteiger partial charge in [-0.3, -0.25) is 4.90 Å². The second kappa shape index (κ2) is 5.89. The number of urea groups is 1. The predicted molar refractivity (Wildman–Crippen MR) is 80.6 cm³/mol. The monoisotopic (exact) mass is 274 g/mol. The zero-order valence-electron chi connectivity index (χ0n) is 11.2. The molecule has 2 aromatic rings. The molecule has 0 aliphatic carbocycles. The fourth-order valence-corrected chi connectivity index (χ4v) is 2.81. The van der Waals surface area contributed by atoms with Crippen molar-refractivity contribution in [1.29, 1.82) is 0 Å². The van der Waals surface area contributed by atoms with Gasteiger partial charge in [-0.05, 0) is 43.2 Å². The number of amides is 2. The minimum atomic E-state index is -0.421. The van der Waals surface area contributed by atoms with E-state index in [0.29, 0.717) is 6.54 Å². The number of primary amides is 1. The third kappa shape index (κ3) is 3.35. The van der Waals surface area contributed by atoms with Crippen molar-refractivity contribution in [3.05, 3.63) is 51.7 Å². The van der Waals surface area contributed by atoms with Crippen LogP contribution in [-0.4, -0.2) is 6.03 Å². The molecule has 0 aliphatic rings. The lowest BCUT2D eigenvalue weighted by Gasteiger charge is -2.20. The summed E-state index contributed by atoms with van der Waals surface area (Å²) >= 11 is 1.69. The third-order valence-corrected chi connectivity index (χ3v) is 4.02. The molecule has 2 N–H and O–H groups in total. The average Bonchev–Trinajstić information content (AvgIpc) is 2.81. The van der Waals surface area contributed by atoms with Crippen LogP contribution in [-0.2, 0) is 13.0 Å². The third-order valence-electron chi connectivity index (χ3n) is 3.03. The molecule has 3 nitrogen and oxygen atoms in total. The summed E-state index contributed by atoms with van der Waals surface area (Å²) in [6, 6.07) is 11.6. The van der Waals surface area contributed by atoms with E-state index in [1.165, 1.54) is 10.4 Å². The molecule has 0 fully saturated rings. The van der Waals surface area contributed by atoms with E-state index in [1.54, 1.807) is 16.2 Å². The highest BCUT2D eigenvalue weighted by Gasteiger charge is 2.13. The molecule has 0 spiro atoms. The van der Waals surface area contributed by atoms with E-state index in [9.17, 15) is 4.79 Å². The van der Waals surface area contributed by atoms with Crippen molar-refractivity contribution in [2.75, 3.05) is 4.90 Å². The zero-order chi connectivity index (χ0) is 13.8. The number of carbonyl (C=O) groups is 1. The number of hydrogen-bond acceptors (Lipinski definition) is 2. The first kappa shape index (κ1) is 13.6. The Kier molecular flexibility index (Phi) is 4.22. The molecule has 0 saturated carbocycles. The summed E-state index contributed by atoms with van der Waals surface area (Å²) in [6.45, 7) is 4.69. The fraction of sp³-hybridized carbons (Fsp3) is 0.267. The SMILES string of the molecule is CCc1ccc(N(Cc2ccc(C)s2)C(N)=O)cc1. The Bertz CT molecular complexity index is 560. The summed E-state index contributed by atoms with van der Waals surface area (Å²) in [7, 11) is 0. The summed E-state index contributed by atoms with van der Waals surface area (Å²) in [5.41, 5.74) is 7.58. The van der Waals surface area contributed by atoms with Crippen LogP contribution >= 0.6 is 11.3 Å². The van der Waals surface area contributed by atoms with E-state index in [1.807, 2.05) is 30.3 Å². The van der Waals surface area contributed by atoms with Crippen molar-refractivity contribution in [1.82, 2.24) is 0 Å². The molecule has 0 bridgehead atoms. The van der Waals surface area contributed by atoms with Gasteiger partial charge < -0.3 is 5.73 Å². The normalized spacial score (nSPS) is 10.4. The maximum Gasteiger partial charge on any atom is 0.319 e. The van der Waals surface area contributed by atoms with Gasteiger partial charge in [0.2, 0.25) is 0 Å². The van der Waals surface area contributed by atoms with Crippen LogP contribution in [0.25, 0.3) is 0 Å². The molecular weight excluding hydrogens is 256 g/mol. The molecule has 2 rings (SSSR count). The number of thiophene rings is 1.